The lowest BCUT2D eigenvalue weighted by Crippen LogP contribution is -2.35. The van der Waals surface area contributed by atoms with Crippen LogP contribution >= 0.6 is 11.6 Å². The van der Waals surface area contributed by atoms with E-state index in [1.54, 1.807) is 0 Å². The largest absolute Gasteiger partial charge is 0.371 e. The summed E-state index contributed by atoms with van der Waals surface area (Å²) in [6.45, 7) is 1.89. The van der Waals surface area contributed by atoms with Crippen LogP contribution in [0.25, 0.3) is 10.9 Å². The van der Waals surface area contributed by atoms with Crippen molar-refractivity contribution >= 4 is 34.1 Å². The van der Waals surface area contributed by atoms with E-state index in [-0.39, 0.29) is 5.91 Å². The number of pyridine rings is 1. The second-order valence-electron chi connectivity index (χ2n) is 5.59. The van der Waals surface area contributed by atoms with Gasteiger partial charge in [0.15, 0.2) is 0 Å². The third kappa shape index (κ3) is 3.10. The van der Waals surface area contributed by atoms with Gasteiger partial charge >= 0.3 is 0 Å². The van der Waals surface area contributed by atoms with Crippen LogP contribution in [0, 0.1) is 5.92 Å². The van der Waals surface area contributed by atoms with E-state index in [0.717, 1.165) is 36.8 Å². The Balaban J connectivity index is 1.81. The van der Waals surface area contributed by atoms with Crippen LogP contribution in [0.4, 0.5) is 5.69 Å². The number of nitrogens with two attached hydrogens (primary N) is 1. The van der Waals surface area contributed by atoms with Crippen LogP contribution in [-0.2, 0) is 4.79 Å². The summed E-state index contributed by atoms with van der Waals surface area (Å²) >= 11 is 6.03. The van der Waals surface area contributed by atoms with Crippen LogP contribution in [0.1, 0.15) is 19.3 Å². The summed E-state index contributed by atoms with van der Waals surface area (Å²) in [6, 6.07) is 7.86. The Kier molecular flexibility index (Phi) is 3.97. The van der Waals surface area contributed by atoms with E-state index in [1.807, 2.05) is 30.5 Å². The molecule has 1 fully saturated rings. The Morgan fingerprint density at radius 2 is 2.10 bits per heavy atom. The molecule has 2 aromatic rings. The van der Waals surface area contributed by atoms with Crippen molar-refractivity contribution in [1.82, 2.24) is 4.98 Å². The van der Waals surface area contributed by atoms with Gasteiger partial charge in [-0.15, -0.1) is 0 Å². The molecular formula is C16H18ClN3O. The average molecular weight is 304 g/mol. The Morgan fingerprint density at radius 3 is 2.81 bits per heavy atom. The number of halogens is 1. The molecule has 5 heteroatoms. The predicted octanol–water partition coefficient (Wildman–Crippen LogP) is 2.98. The Labute approximate surface area is 128 Å². The minimum atomic E-state index is -0.197. The van der Waals surface area contributed by atoms with E-state index >= 15 is 0 Å². The molecule has 0 unspecified atom stereocenters. The van der Waals surface area contributed by atoms with Gasteiger partial charge in [-0.05, 0) is 43.0 Å². The maximum absolute atomic E-state index is 11.0. The maximum atomic E-state index is 11.0. The zero-order valence-electron chi connectivity index (χ0n) is 11.8. The average Bonchev–Trinajstić information content (AvgIpc) is 2.46. The summed E-state index contributed by atoms with van der Waals surface area (Å²) in [6.07, 6.45) is 4.32. The third-order valence-electron chi connectivity index (χ3n) is 4.13. The number of hydrogen-bond acceptors (Lipinski definition) is 3. The van der Waals surface area contributed by atoms with Gasteiger partial charge in [-0.2, -0.15) is 0 Å². The normalized spacial score (nSPS) is 16.3. The number of hydrogen-bond donors (Lipinski definition) is 1. The molecule has 1 saturated heterocycles. The zero-order valence-corrected chi connectivity index (χ0v) is 12.5. The highest BCUT2D eigenvalue weighted by Gasteiger charge is 2.21. The molecule has 21 heavy (non-hydrogen) atoms. The summed E-state index contributed by atoms with van der Waals surface area (Å²) in [4.78, 5) is 17.7. The maximum Gasteiger partial charge on any atom is 0.217 e. The van der Waals surface area contributed by atoms with Crippen molar-refractivity contribution in [2.75, 3.05) is 18.0 Å². The van der Waals surface area contributed by atoms with Gasteiger partial charge < -0.3 is 10.6 Å². The van der Waals surface area contributed by atoms with E-state index < -0.39 is 0 Å². The van der Waals surface area contributed by atoms with Crippen LogP contribution < -0.4 is 10.6 Å². The summed E-state index contributed by atoms with van der Waals surface area (Å²) in [7, 11) is 0. The van der Waals surface area contributed by atoms with Gasteiger partial charge in [-0.1, -0.05) is 11.6 Å². The summed E-state index contributed by atoms with van der Waals surface area (Å²) in [5, 5.41) is 1.82. The van der Waals surface area contributed by atoms with Gasteiger partial charge in [0.05, 0.1) is 5.52 Å². The molecule has 0 spiro atoms. The van der Waals surface area contributed by atoms with Crippen LogP contribution in [0.5, 0.6) is 0 Å². The molecule has 0 bridgehead atoms. The van der Waals surface area contributed by atoms with Crippen molar-refractivity contribution in [3.8, 4) is 0 Å². The molecule has 1 aliphatic heterocycles. The van der Waals surface area contributed by atoms with E-state index in [0.29, 0.717) is 17.4 Å². The number of nitrogens with zero attached hydrogens (tertiary/aromatic N) is 2. The van der Waals surface area contributed by atoms with E-state index in [9.17, 15) is 4.79 Å². The number of rotatable bonds is 3. The predicted molar refractivity (Wildman–Crippen MR) is 85.5 cm³/mol. The minimum Gasteiger partial charge on any atom is -0.371 e. The smallest absolute Gasteiger partial charge is 0.217 e. The first-order chi connectivity index (χ1) is 10.1. The number of benzene rings is 1. The number of amides is 1. The van der Waals surface area contributed by atoms with Crippen molar-refractivity contribution in [1.29, 1.82) is 0 Å². The molecule has 0 radical (unpaired) electrons. The molecule has 4 nitrogen and oxygen atoms in total. The van der Waals surface area contributed by atoms with Gasteiger partial charge in [0.25, 0.3) is 0 Å². The van der Waals surface area contributed by atoms with Crippen molar-refractivity contribution in [2.45, 2.75) is 19.3 Å². The molecule has 0 saturated carbocycles. The lowest BCUT2D eigenvalue weighted by molar-refractivity contribution is -0.119. The van der Waals surface area contributed by atoms with E-state index in [1.165, 1.54) is 5.69 Å². The number of primary amides is 1. The fraction of sp³-hybridized carbons (Fsp3) is 0.375. The van der Waals surface area contributed by atoms with Crippen LogP contribution in [0.3, 0.4) is 0 Å². The van der Waals surface area contributed by atoms with Gasteiger partial charge in [0.2, 0.25) is 5.91 Å². The molecule has 0 atom stereocenters. The van der Waals surface area contributed by atoms with Crippen molar-refractivity contribution < 1.29 is 4.79 Å². The molecule has 2 heterocycles. The molecule has 3 rings (SSSR count). The third-order valence-corrected chi connectivity index (χ3v) is 4.36. The summed E-state index contributed by atoms with van der Waals surface area (Å²) in [5.41, 5.74) is 7.39. The monoisotopic (exact) mass is 303 g/mol. The van der Waals surface area contributed by atoms with E-state index in [2.05, 4.69) is 9.88 Å². The Hall–Kier alpha value is -1.81. The van der Waals surface area contributed by atoms with Gasteiger partial charge in [0, 0.05) is 41.8 Å². The quantitative estimate of drug-likeness (QED) is 0.948. The SMILES string of the molecule is NC(=O)CC1CCN(c2ccnc3cc(Cl)ccc23)CC1. The van der Waals surface area contributed by atoms with E-state index in [4.69, 9.17) is 17.3 Å². The Morgan fingerprint density at radius 1 is 1.33 bits per heavy atom. The Bertz CT molecular complexity index is 666. The summed E-state index contributed by atoms with van der Waals surface area (Å²) in [5.74, 6) is 0.221. The van der Waals surface area contributed by atoms with Gasteiger partial charge in [-0.3, -0.25) is 9.78 Å². The fourth-order valence-electron chi connectivity index (χ4n) is 3.04. The standard InChI is InChI=1S/C16H18ClN3O/c17-12-1-2-13-14(10-12)19-6-3-15(13)20-7-4-11(5-8-20)9-16(18)21/h1-3,6,10-11H,4-5,7-9H2,(H2,18,21). The van der Waals surface area contributed by atoms with Crippen LogP contribution in [0.2, 0.25) is 5.02 Å². The molecule has 1 aromatic heterocycles. The fourth-order valence-corrected chi connectivity index (χ4v) is 3.21. The van der Waals surface area contributed by atoms with Crippen molar-refractivity contribution in [3.63, 3.8) is 0 Å². The first-order valence-electron chi connectivity index (χ1n) is 7.21. The summed E-state index contributed by atoms with van der Waals surface area (Å²) < 4.78 is 0. The van der Waals surface area contributed by atoms with Crippen molar-refractivity contribution in [2.24, 2.45) is 11.7 Å². The molecule has 110 valence electrons. The molecule has 2 N–H and O–H groups in total. The molecule has 1 aliphatic rings. The molecule has 0 aliphatic carbocycles. The second-order valence-corrected chi connectivity index (χ2v) is 6.03. The number of carbonyl (C=O) groups is 1. The van der Waals surface area contributed by atoms with Crippen LogP contribution in [-0.4, -0.2) is 24.0 Å². The number of carbonyl (C=O) groups excluding carboxylic acids is 1. The highest BCUT2D eigenvalue weighted by Crippen LogP contribution is 2.31. The number of aromatic nitrogens is 1. The van der Waals surface area contributed by atoms with Crippen LogP contribution in [0.15, 0.2) is 30.5 Å². The topological polar surface area (TPSA) is 59.2 Å². The highest BCUT2D eigenvalue weighted by molar-refractivity contribution is 6.31. The first kappa shape index (κ1) is 14.1. The lowest BCUT2D eigenvalue weighted by atomic mass is 9.93. The number of piperidine rings is 1. The lowest BCUT2D eigenvalue weighted by Gasteiger charge is -2.33. The molecule has 1 aromatic carbocycles. The van der Waals surface area contributed by atoms with Gasteiger partial charge in [-0.25, -0.2) is 0 Å². The second kappa shape index (κ2) is 5.90. The zero-order chi connectivity index (χ0) is 14.8. The van der Waals surface area contributed by atoms with Gasteiger partial charge in [0.1, 0.15) is 0 Å². The number of fused-ring (bicyclic) bond motifs is 1. The minimum absolute atomic E-state index is 0.197. The molecular weight excluding hydrogens is 286 g/mol. The first-order valence-corrected chi connectivity index (χ1v) is 7.59. The number of anilines is 1. The van der Waals surface area contributed by atoms with Crippen molar-refractivity contribution in [3.05, 3.63) is 35.5 Å². The highest BCUT2D eigenvalue weighted by atomic mass is 35.5. The molecule has 1 amide bonds.